The van der Waals surface area contributed by atoms with Crippen LogP contribution < -0.4 is 16.3 Å². The van der Waals surface area contributed by atoms with Gasteiger partial charge in [0.2, 0.25) is 5.95 Å². The molecular weight excluding hydrogens is 368 g/mol. The maximum Gasteiger partial charge on any atom is 0.332 e. The minimum atomic E-state index is -0.399. The van der Waals surface area contributed by atoms with E-state index >= 15 is 0 Å². The first-order chi connectivity index (χ1) is 13.8. The molecule has 150 valence electrons. The largest absolute Gasteiger partial charge is 0.332 e. The summed E-state index contributed by atoms with van der Waals surface area (Å²) in [5, 5.41) is 6.44. The van der Waals surface area contributed by atoms with Crippen molar-refractivity contribution in [3.63, 3.8) is 0 Å². The van der Waals surface area contributed by atoms with E-state index in [4.69, 9.17) is 0 Å². The number of imidazole rings is 1. The number of hydrogen-bond acceptors (Lipinski definition) is 5. The van der Waals surface area contributed by atoms with Crippen LogP contribution >= 0.6 is 0 Å². The van der Waals surface area contributed by atoms with Crippen LogP contribution in [0, 0.1) is 6.92 Å². The molecule has 0 N–H and O–H groups in total. The standard InChI is InChI=1S/C21H24N6O2/c1-13(2)10-26-19(28)17-18(24(5)21(26)29)22-20-25(17)11-15(4)23-27(20)12-16-8-6-7-14(3)9-16/h6-9H,1,10-12H2,2-5H3. The Morgan fingerprint density at radius 1 is 1.24 bits per heavy atom. The minimum absolute atomic E-state index is 0.183. The quantitative estimate of drug-likeness (QED) is 0.638. The summed E-state index contributed by atoms with van der Waals surface area (Å²) in [6.45, 7) is 10.8. The Morgan fingerprint density at radius 3 is 2.69 bits per heavy atom. The molecule has 0 aliphatic carbocycles. The van der Waals surface area contributed by atoms with E-state index in [2.05, 4.69) is 22.7 Å². The second kappa shape index (κ2) is 6.88. The van der Waals surface area contributed by atoms with E-state index in [0.29, 0.717) is 30.2 Å². The molecule has 3 aromatic rings. The number of benzene rings is 1. The number of anilines is 1. The summed E-state index contributed by atoms with van der Waals surface area (Å²) in [6, 6.07) is 8.19. The monoisotopic (exact) mass is 392 g/mol. The Kier molecular flexibility index (Phi) is 4.49. The Hall–Kier alpha value is -3.42. The molecule has 29 heavy (non-hydrogen) atoms. The predicted octanol–water partition coefficient (Wildman–Crippen LogP) is 2.18. The predicted molar refractivity (Wildman–Crippen MR) is 115 cm³/mol. The molecule has 0 saturated heterocycles. The van der Waals surface area contributed by atoms with Gasteiger partial charge < -0.3 is 0 Å². The summed E-state index contributed by atoms with van der Waals surface area (Å²) in [4.78, 5) is 30.5. The maximum atomic E-state index is 13.2. The average Bonchev–Trinajstić information content (AvgIpc) is 3.03. The SMILES string of the molecule is C=C(C)Cn1c(=O)c2c(nc3n2CC(C)=NN3Cc2cccc(C)c2)n(C)c1=O. The van der Waals surface area contributed by atoms with Crippen molar-refractivity contribution in [1.82, 2.24) is 18.7 Å². The van der Waals surface area contributed by atoms with Crippen LogP contribution in [0.5, 0.6) is 0 Å². The Labute approximate surface area is 168 Å². The molecule has 8 nitrogen and oxygen atoms in total. The van der Waals surface area contributed by atoms with Crippen LogP contribution in [0.15, 0.2) is 51.1 Å². The first-order valence-electron chi connectivity index (χ1n) is 9.48. The topological polar surface area (TPSA) is 77.4 Å². The van der Waals surface area contributed by atoms with E-state index in [1.807, 2.05) is 36.6 Å². The summed E-state index contributed by atoms with van der Waals surface area (Å²) in [6.07, 6.45) is 0. The van der Waals surface area contributed by atoms with Gasteiger partial charge in [-0.05, 0) is 26.3 Å². The molecule has 8 heteroatoms. The van der Waals surface area contributed by atoms with Crippen LogP contribution in [0.25, 0.3) is 11.2 Å². The van der Waals surface area contributed by atoms with Crippen molar-refractivity contribution in [2.75, 3.05) is 5.01 Å². The smallest absolute Gasteiger partial charge is 0.297 e. The summed E-state index contributed by atoms with van der Waals surface area (Å²) in [5.41, 5.74) is 3.89. The number of aromatic nitrogens is 4. The molecule has 1 aliphatic heterocycles. The second-order valence-corrected chi connectivity index (χ2v) is 7.74. The van der Waals surface area contributed by atoms with E-state index in [0.717, 1.165) is 16.8 Å². The van der Waals surface area contributed by atoms with Gasteiger partial charge in [0.1, 0.15) is 0 Å². The number of fused-ring (bicyclic) bond motifs is 3. The van der Waals surface area contributed by atoms with E-state index in [1.54, 1.807) is 19.0 Å². The fraction of sp³-hybridized carbons (Fsp3) is 0.333. The van der Waals surface area contributed by atoms with Gasteiger partial charge in [-0.1, -0.05) is 42.0 Å². The fourth-order valence-corrected chi connectivity index (χ4v) is 3.72. The van der Waals surface area contributed by atoms with Crippen LogP contribution in [0.2, 0.25) is 0 Å². The normalized spacial score (nSPS) is 13.5. The summed E-state index contributed by atoms with van der Waals surface area (Å²) in [5.74, 6) is 0.562. The van der Waals surface area contributed by atoms with Crippen LogP contribution in [0.1, 0.15) is 25.0 Å². The molecule has 0 fully saturated rings. The van der Waals surface area contributed by atoms with Crippen LogP contribution in [-0.2, 0) is 26.7 Å². The molecule has 0 unspecified atom stereocenters. The number of nitrogens with zero attached hydrogens (tertiary/aromatic N) is 6. The number of hydrazone groups is 1. The lowest BCUT2D eigenvalue weighted by molar-refractivity contribution is 0.648. The van der Waals surface area contributed by atoms with E-state index in [1.165, 1.54) is 14.7 Å². The third-order valence-electron chi connectivity index (χ3n) is 4.96. The van der Waals surface area contributed by atoms with Gasteiger partial charge in [-0.15, -0.1) is 0 Å². The van der Waals surface area contributed by atoms with Crippen LogP contribution in [-0.4, -0.2) is 24.4 Å². The van der Waals surface area contributed by atoms with Gasteiger partial charge in [0.15, 0.2) is 11.2 Å². The highest BCUT2D eigenvalue weighted by Gasteiger charge is 2.26. The van der Waals surface area contributed by atoms with Crippen molar-refractivity contribution >= 4 is 22.8 Å². The van der Waals surface area contributed by atoms with Crippen molar-refractivity contribution in [1.29, 1.82) is 0 Å². The van der Waals surface area contributed by atoms with Gasteiger partial charge in [0.25, 0.3) is 5.56 Å². The molecule has 1 aliphatic rings. The van der Waals surface area contributed by atoms with Crippen LogP contribution in [0.3, 0.4) is 0 Å². The summed E-state index contributed by atoms with van der Waals surface area (Å²) in [7, 11) is 1.64. The number of aryl methyl sites for hydroxylation is 2. The lowest BCUT2D eigenvalue weighted by Crippen LogP contribution is -2.40. The van der Waals surface area contributed by atoms with Crippen molar-refractivity contribution in [2.24, 2.45) is 12.1 Å². The first-order valence-corrected chi connectivity index (χ1v) is 9.48. The third-order valence-corrected chi connectivity index (χ3v) is 4.96. The van der Waals surface area contributed by atoms with E-state index in [9.17, 15) is 9.59 Å². The lowest BCUT2D eigenvalue weighted by Gasteiger charge is -2.25. The van der Waals surface area contributed by atoms with Gasteiger partial charge >= 0.3 is 5.69 Å². The molecule has 0 radical (unpaired) electrons. The van der Waals surface area contributed by atoms with Crippen molar-refractivity contribution in [3.05, 3.63) is 68.4 Å². The molecule has 1 aromatic carbocycles. The molecule has 0 spiro atoms. The van der Waals surface area contributed by atoms with Crippen molar-refractivity contribution < 1.29 is 0 Å². The molecule has 4 rings (SSSR count). The zero-order valence-electron chi connectivity index (χ0n) is 17.1. The van der Waals surface area contributed by atoms with Gasteiger partial charge in [-0.3, -0.25) is 18.5 Å². The Balaban J connectivity index is 1.91. The Morgan fingerprint density at radius 2 is 2.00 bits per heavy atom. The molecule has 2 aromatic heterocycles. The van der Waals surface area contributed by atoms with Gasteiger partial charge in [0, 0.05) is 7.05 Å². The maximum absolute atomic E-state index is 13.2. The Bertz CT molecular complexity index is 1290. The molecule has 0 bridgehead atoms. The minimum Gasteiger partial charge on any atom is -0.297 e. The molecule has 0 atom stereocenters. The number of hydrogen-bond donors (Lipinski definition) is 0. The number of allylic oxidation sites excluding steroid dienone is 1. The average molecular weight is 392 g/mol. The third kappa shape index (κ3) is 3.20. The molecule has 0 amide bonds. The van der Waals surface area contributed by atoms with Crippen LogP contribution in [0.4, 0.5) is 5.95 Å². The highest BCUT2D eigenvalue weighted by molar-refractivity contribution is 5.87. The van der Waals surface area contributed by atoms with Crippen molar-refractivity contribution in [3.8, 4) is 0 Å². The molecule has 0 saturated carbocycles. The fourth-order valence-electron chi connectivity index (χ4n) is 3.72. The van der Waals surface area contributed by atoms with Gasteiger partial charge in [-0.2, -0.15) is 10.1 Å². The van der Waals surface area contributed by atoms with E-state index in [-0.39, 0.29) is 12.1 Å². The first kappa shape index (κ1) is 18.9. The molecular formula is C21H24N6O2. The lowest BCUT2D eigenvalue weighted by atomic mass is 10.1. The second-order valence-electron chi connectivity index (χ2n) is 7.74. The highest BCUT2D eigenvalue weighted by Crippen LogP contribution is 2.25. The zero-order valence-corrected chi connectivity index (χ0v) is 17.1. The van der Waals surface area contributed by atoms with Gasteiger partial charge in [-0.25, -0.2) is 9.80 Å². The molecule has 3 heterocycles. The van der Waals surface area contributed by atoms with E-state index < -0.39 is 5.69 Å². The summed E-state index contributed by atoms with van der Waals surface area (Å²) < 4.78 is 4.49. The zero-order chi connectivity index (χ0) is 20.9. The number of rotatable bonds is 4. The summed E-state index contributed by atoms with van der Waals surface area (Å²) >= 11 is 0. The highest BCUT2D eigenvalue weighted by atomic mass is 16.2. The van der Waals surface area contributed by atoms with Gasteiger partial charge in [0.05, 0.1) is 25.3 Å². The van der Waals surface area contributed by atoms with Crippen molar-refractivity contribution in [2.45, 2.75) is 40.4 Å².